The highest BCUT2D eigenvalue weighted by atomic mass is 32.2. The number of unbranched alkanes of at least 4 members (excludes halogenated alkanes) is 2. The van der Waals surface area contributed by atoms with Crippen molar-refractivity contribution < 1.29 is 13.4 Å². The summed E-state index contributed by atoms with van der Waals surface area (Å²) in [5.41, 5.74) is 0. The van der Waals surface area contributed by atoms with E-state index in [0.29, 0.717) is 29.3 Å². The Morgan fingerprint density at radius 2 is 2.20 bits per heavy atom. The van der Waals surface area contributed by atoms with Crippen molar-refractivity contribution in [2.45, 2.75) is 31.9 Å². The van der Waals surface area contributed by atoms with E-state index in [1.54, 1.807) is 12.1 Å². The van der Waals surface area contributed by atoms with Crippen LogP contribution in [0.3, 0.4) is 0 Å². The number of aldehydes is 1. The summed E-state index contributed by atoms with van der Waals surface area (Å²) in [4.78, 5) is 10.3. The van der Waals surface area contributed by atoms with Crippen LogP contribution in [-0.4, -0.2) is 16.2 Å². The number of hydrogen-bond acceptors (Lipinski definition) is 3. The minimum atomic E-state index is -0.871. The molecule has 1 aromatic rings. The molecule has 84 valence electrons. The number of furan rings is 1. The molecular formula is C11H16O3S. The Balaban J connectivity index is 2.34. The molecule has 0 aromatic carbocycles. The molecule has 15 heavy (non-hydrogen) atoms. The van der Waals surface area contributed by atoms with Crippen molar-refractivity contribution in [3.8, 4) is 0 Å². The first-order valence-corrected chi connectivity index (χ1v) is 6.64. The summed E-state index contributed by atoms with van der Waals surface area (Å²) in [5, 5.41) is 0. The zero-order chi connectivity index (χ0) is 11.1. The van der Waals surface area contributed by atoms with Crippen molar-refractivity contribution in [2.75, 3.05) is 5.75 Å². The number of hydrogen-bond donors (Lipinski definition) is 0. The van der Waals surface area contributed by atoms with Gasteiger partial charge in [-0.15, -0.1) is 0 Å². The molecule has 1 unspecified atom stereocenters. The fraction of sp³-hybridized carbons (Fsp3) is 0.545. The van der Waals surface area contributed by atoms with Gasteiger partial charge in [-0.1, -0.05) is 19.8 Å². The van der Waals surface area contributed by atoms with Gasteiger partial charge in [-0.2, -0.15) is 0 Å². The molecule has 0 saturated heterocycles. The summed E-state index contributed by atoms with van der Waals surface area (Å²) in [6.45, 7) is 2.12. The Morgan fingerprint density at radius 1 is 1.40 bits per heavy atom. The topological polar surface area (TPSA) is 47.3 Å². The van der Waals surface area contributed by atoms with Crippen LogP contribution in [-0.2, 0) is 16.6 Å². The molecule has 4 heteroatoms. The molecule has 0 N–H and O–H groups in total. The van der Waals surface area contributed by atoms with E-state index in [2.05, 4.69) is 6.92 Å². The van der Waals surface area contributed by atoms with E-state index in [4.69, 9.17) is 4.42 Å². The predicted molar refractivity (Wildman–Crippen MR) is 60.3 cm³/mol. The first-order valence-electron chi connectivity index (χ1n) is 5.15. The van der Waals surface area contributed by atoms with Crippen LogP contribution in [0.4, 0.5) is 0 Å². The first-order chi connectivity index (χ1) is 7.26. The summed E-state index contributed by atoms with van der Waals surface area (Å²) >= 11 is 0. The van der Waals surface area contributed by atoms with Crippen molar-refractivity contribution in [3.63, 3.8) is 0 Å². The van der Waals surface area contributed by atoms with Crippen LogP contribution in [0.2, 0.25) is 0 Å². The fourth-order valence-corrected chi connectivity index (χ4v) is 2.42. The molecule has 0 fully saturated rings. The zero-order valence-electron chi connectivity index (χ0n) is 8.90. The summed E-state index contributed by atoms with van der Waals surface area (Å²) in [7, 11) is -0.871. The highest BCUT2D eigenvalue weighted by Crippen LogP contribution is 2.09. The molecule has 0 amide bonds. The molecule has 0 aliphatic heterocycles. The third-order valence-electron chi connectivity index (χ3n) is 2.08. The van der Waals surface area contributed by atoms with Crippen LogP contribution in [0.25, 0.3) is 0 Å². The van der Waals surface area contributed by atoms with Crippen molar-refractivity contribution in [1.29, 1.82) is 0 Å². The summed E-state index contributed by atoms with van der Waals surface area (Å²) < 4.78 is 16.7. The average Bonchev–Trinajstić information content (AvgIpc) is 2.66. The standard InChI is InChI=1S/C11H16O3S/c1-2-3-4-7-15(13)9-11-6-5-10(8-12)14-11/h5-6,8H,2-4,7,9H2,1H3. The summed E-state index contributed by atoms with van der Waals surface area (Å²) in [6.07, 6.45) is 3.89. The van der Waals surface area contributed by atoms with E-state index in [-0.39, 0.29) is 0 Å². The Bertz CT molecular complexity index is 330. The smallest absolute Gasteiger partial charge is 0.185 e. The summed E-state index contributed by atoms with van der Waals surface area (Å²) in [6, 6.07) is 3.31. The number of rotatable bonds is 7. The van der Waals surface area contributed by atoms with Crippen LogP contribution >= 0.6 is 0 Å². The quantitative estimate of drug-likeness (QED) is 0.532. The molecule has 0 saturated carbocycles. The van der Waals surface area contributed by atoms with Crippen molar-refractivity contribution >= 4 is 17.1 Å². The maximum atomic E-state index is 11.5. The minimum absolute atomic E-state index is 0.301. The van der Waals surface area contributed by atoms with Crippen LogP contribution in [0.5, 0.6) is 0 Å². The molecule has 0 aliphatic rings. The highest BCUT2D eigenvalue weighted by molar-refractivity contribution is 7.84. The van der Waals surface area contributed by atoms with Crippen LogP contribution in [0.1, 0.15) is 42.5 Å². The van der Waals surface area contributed by atoms with Gasteiger partial charge >= 0.3 is 0 Å². The van der Waals surface area contributed by atoms with Gasteiger partial charge < -0.3 is 4.42 Å². The van der Waals surface area contributed by atoms with Crippen LogP contribution in [0, 0.1) is 0 Å². The van der Waals surface area contributed by atoms with E-state index in [0.717, 1.165) is 19.3 Å². The van der Waals surface area contributed by atoms with Crippen molar-refractivity contribution in [2.24, 2.45) is 0 Å². The molecule has 1 heterocycles. The average molecular weight is 228 g/mol. The second kappa shape index (κ2) is 6.56. The lowest BCUT2D eigenvalue weighted by atomic mass is 10.3. The van der Waals surface area contributed by atoms with Gasteiger partial charge in [0.2, 0.25) is 0 Å². The Morgan fingerprint density at radius 3 is 2.80 bits per heavy atom. The van der Waals surface area contributed by atoms with Gasteiger partial charge in [-0.3, -0.25) is 9.00 Å². The van der Waals surface area contributed by atoms with Crippen molar-refractivity contribution in [3.05, 3.63) is 23.7 Å². The van der Waals surface area contributed by atoms with Gasteiger partial charge in [0.15, 0.2) is 12.0 Å². The predicted octanol–water partition coefficient (Wildman–Crippen LogP) is 2.53. The number of carbonyl (C=O) groups excluding carboxylic acids is 1. The van der Waals surface area contributed by atoms with Gasteiger partial charge in [0.1, 0.15) is 5.76 Å². The maximum absolute atomic E-state index is 11.5. The van der Waals surface area contributed by atoms with Crippen LogP contribution in [0.15, 0.2) is 16.5 Å². The van der Waals surface area contributed by atoms with E-state index in [1.165, 1.54) is 0 Å². The van der Waals surface area contributed by atoms with Gasteiger partial charge in [0.05, 0.1) is 5.75 Å². The maximum Gasteiger partial charge on any atom is 0.185 e. The minimum Gasteiger partial charge on any atom is -0.457 e. The zero-order valence-corrected chi connectivity index (χ0v) is 9.72. The van der Waals surface area contributed by atoms with Gasteiger partial charge in [-0.05, 0) is 18.6 Å². The Labute approximate surface area is 92.3 Å². The molecular weight excluding hydrogens is 212 g/mol. The normalized spacial score (nSPS) is 12.6. The Kier molecular flexibility index (Phi) is 5.32. The third kappa shape index (κ3) is 4.42. The Hall–Kier alpha value is -0.900. The molecule has 1 atom stereocenters. The van der Waals surface area contributed by atoms with E-state index < -0.39 is 10.8 Å². The second-order valence-corrected chi connectivity index (χ2v) is 4.99. The van der Waals surface area contributed by atoms with Crippen LogP contribution < -0.4 is 0 Å². The molecule has 1 rings (SSSR count). The molecule has 3 nitrogen and oxygen atoms in total. The third-order valence-corrected chi connectivity index (χ3v) is 3.43. The van der Waals surface area contributed by atoms with E-state index >= 15 is 0 Å². The summed E-state index contributed by atoms with van der Waals surface area (Å²) in [5.74, 6) is 2.06. The van der Waals surface area contributed by atoms with Gasteiger partial charge in [0.25, 0.3) is 0 Å². The lowest BCUT2D eigenvalue weighted by Gasteiger charge is -1.98. The fourth-order valence-electron chi connectivity index (χ4n) is 1.28. The lowest BCUT2D eigenvalue weighted by molar-refractivity contribution is 0.109. The molecule has 1 aromatic heterocycles. The largest absolute Gasteiger partial charge is 0.457 e. The highest BCUT2D eigenvalue weighted by Gasteiger charge is 2.05. The first kappa shape index (κ1) is 12.2. The SMILES string of the molecule is CCCCCS(=O)Cc1ccc(C=O)o1. The molecule has 0 radical (unpaired) electrons. The van der Waals surface area contributed by atoms with E-state index in [1.807, 2.05) is 0 Å². The molecule has 0 aliphatic carbocycles. The second-order valence-electron chi connectivity index (χ2n) is 3.42. The molecule has 0 bridgehead atoms. The van der Waals surface area contributed by atoms with Crippen molar-refractivity contribution in [1.82, 2.24) is 0 Å². The van der Waals surface area contributed by atoms with Gasteiger partial charge in [-0.25, -0.2) is 0 Å². The van der Waals surface area contributed by atoms with E-state index in [9.17, 15) is 9.00 Å². The molecule has 0 spiro atoms. The van der Waals surface area contributed by atoms with Gasteiger partial charge in [0, 0.05) is 16.6 Å². The lowest BCUT2D eigenvalue weighted by Crippen LogP contribution is -2.00. The monoisotopic (exact) mass is 228 g/mol. The number of carbonyl (C=O) groups is 1.